The molecule has 1 aromatic carbocycles. The van der Waals surface area contributed by atoms with Crippen molar-refractivity contribution in [2.45, 2.75) is 31.8 Å². The highest BCUT2D eigenvalue weighted by Crippen LogP contribution is 2.24. The number of aromatic amines is 1. The number of aromatic nitrogens is 2. The van der Waals surface area contributed by atoms with E-state index in [2.05, 4.69) is 10.2 Å². The van der Waals surface area contributed by atoms with Crippen LogP contribution in [0.3, 0.4) is 0 Å². The van der Waals surface area contributed by atoms with Gasteiger partial charge in [0.1, 0.15) is 0 Å². The number of H-pyrrole nitrogens is 1. The zero-order chi connectivity index (χ0) is 18.6. The molecule has 2 aromatic rings. The molecule has 142 valence electrons. The Morgan fingerprint density at radius 1 is 1.22 bits per heavy atom. The molecule has 2 saturated heterocycles. The molecule has 0 radical (unpaired) electrons. The minimum absolute atomic E-state index is 0.236. The van der Waals surface area contributed by atoms with Gasteiger partial charge < -0.3 is 19.1 Å². The molecule has 4 rings (SSSR count). The van der Waals surface area contributed by atoms with E-state index in [9.17, 15) is 9.59 Å². The first-order valence-corrected chi connectivity index (χ1v) is 9.00. The van der Waals surface area contributed by atoms with Crippen LogP contribution >= 0.6 is 0 Å². The summed E-state index contributed by atoms with van der Waals surface area (Å²) in [5, 5.41) is 7.14. The number of nitrogens with zero attached hydrogens (tertiary/aromatic N) is 2. The van der Waals surface area contributed by atoms with E-state index in [1.54, 1.807) is 11.1 Å². The molecule has 0 saturated carbocycles. The summed E-state index contributed by atoms with van der Waals surface area (Å²) in [5.74, 6) is -0.574. The number of rotatable bonds is 6. The van der Waals surface area contributed by atoms with Gasteiger partial charge in [-0.2, -0.15) is 5.10 Å². The van der Waals surface area contributed by atoms with E-state index < -0.39 is 12.4 Å². The Balaban J connectivity index is 1.55. The smallest absolute Gasteiger partial charge is 0.306 e. The Bertz CT molecular complexity index is 801. The van der Waals surface area contributed by atoms with Crippen LogP contribution in [-0.2, 0) is 30.3 Å². The lowest BCUT2D eigenvalue weighted by Crippen LogP contribution is -2.43. The van der Waals surface area contributed by atoms with Crippen LogP contribution in [-0.4, -0.2) is 59.1 Å². The number of ether oxygens (including phenoxy) is 3. The van der Waals surface area contributed by atoms with Gasteiger partial charge in [-0.05, 0) is 5.56 Å². The number of amides is 1. The second kappa shape index (κ2) is 7.89. The Morgan fingerprint density at radius 2 is 2.00 bits per heavy atom. The van der Waals surface area contributed by atoms with E-state index in [0.29, 0.717) is 26.2 Å². The van der Waals surface area contributed by atoms with Gasteiger partial charge >= 0.3 is 5.97 Å². The first-order valence-electron chi connectivity index (χ1n) is 9.00. The number of esters is 1. The zero-order valence-electron chi connectivity index (χ0n) is 14.8. The van der Waals surface area contributed by atoms with Crippen molar-refractivity contribution >= 4 is 11.9 Å². The molecule has 0 unspecified atom stereocenters. The highest BCUT2D eigenvalue weighted by Gasteiger charge is 2.35. The molecule has 2 aliphatic heterocycles. The summed E-state index contributed by atoms with van der Waals surface area (Å²) in [7, 11) is 0. The van der Waals surface area contributed by atoms with E-state index in [-0.39, 0.29) is 24.8 Å². The number of carbonyl (C=O) groups is 2. The van der Waals surface area contributed by atoms with Crippen molar-refractivity contribution in [3.8, 4) is 11.3 Å². The molecule has 0 bridgehead atoms. The highest BCUT2D eigenvalue weighted by molar-refractivity contribution is 5.86. The van der Waals surface area contributed by atoms with Gasteiger partial charge in [0.15, 0.2) is 12.4 Å². The monoisotopic (exact) mass is 371 g/mol. The predicted molar refractivity (Wildman–Crippen MR) is 94.2 cm³/mol. The van der Waals surface area contributed by atoms with Crippen LogP contribution in [0.4, 0.5) is 0 Å². The fourth-order valence-electron chi connectivity index (χ4n) is 3.32. The molecule has 0 spiro atoms. The van der Waals surface area contributed by atoms with Gasteiger partial charge in [0.2, 0.25) is 0 Å². The molecular formula is C19H21N3O5. The molecule has 2 aliphatic rings. The van der Waals surface area contributed by atoms with Gasteiger partial charge in [0.05, 0.1) is 31.6 Å². The summed E-state index contributed by atoms with van der Waals surface area (Å²) in [6.45, 7) is 1.60. The van der Waals surface area contributed by atoms with Crippen LogP contribution in [0, 0.1) is 0 Å². The van der Waals surface area contributed by atoms with Crippen molar-refractivity contribution in [1.82, 2.24) is 15.1 Å². The van der Waals surface area contributed by atoms with Crippen LogP contribution in [0.2, 0.25) is 0 Å². The lowest BCUT2D eigenvalue weighted by Gasteiger charge is -2.27. The number of carbonyl (C=O) groups excluding carboxylic acids is 2. The van der Waals surface area contributed by atoms with E-state index in [0.717, 1.165) is 16.8 Å². The third-order valence-electron chi connectivity index (χ3n) is 4.67. The molecule has 1 aromatic heterocycles. The van der Waals surface area contributed by atoms with Crippen LogP contribution in [0.5, 0.6) is 0 Å². The number of benzene rings is 1. The summed E-state index contributed by atoms with van der Waals surface area (Å²) in [6, 6.07) is 9.79. The molecule has 8 nitrogen and oxygen atoms in total. The SMILES string of the molecule is O=C1CC[C@H](C(=O)N(Cc2cn[nH]c2-c2ccccc2)CC2OCCO2)O1. The maximum Gasteiger partial charge on any atom is 0.306 e. The third kappa shape index (κ3) is 4.01. The fraction of sp³-hybridized carbons (Fsp3) is 0.421. The Hall–Kier alpha value is -2.71. The summed E-state index contributed by atoms with van der Waals surface area (Å²) in [5.41, 5.74) is 2.71. The molecule has 1 N–H and O–H groups in total. The zero-order valence-corrected chi connectivity index (χ0v) is 14.8. The molecule has 8 heteroatoms. The van der Waals surface area contributed by atoms with Crippen molar-refractivity contribution in [3.05, 3.63) is 42.1 Å². The minimum atomic E-state index is -0.744. The van der Waals surface area contributed by atoms with E-state index in [1.165, 1.54) is 0 Å². The first kappa shape index (κ1) is 17.7. The van der Waals surface area contributed by atoms with Gasteiger partial charge in [0, 0.05) is 24.9 Å². The fourth-order valence-corrected chi connectivity index (χ4v) is 3.32. The minimum Gasteiger partial charge on any atom is -0.452 e. The highest BCUT2D eigenvalue weighted by atomic mass is 16.7. The standard InChI is InChI=1S/C19H21N3O5/c23-16-7-6-15(27-16)19(24)22(12-17-25-8-9-26-17)11-14-10-20-21-18(14)13-4-2-1-3-5-13/h1-5,10,15,17H,6-9,11-12H2,(H,20,21)/t15-/m1/s1. The number of hydrogen-bond acceptors (Lipinski definition) is 6. The largest absolute Gasteiger partial charge is 0.452 e. The first-order chi connectivity index (χ1) is 13.2. The average molecular weight is 371 g/mol. The van der Waals surface area contributed by atoms with Crippen molar-refractivity contribution < 1.29 is 23.8 Å². The number of nitrogens with one attached hydrogen (secondary N) is 1. The van der Waals surface area contributed by atoms with Gasteiger partial charge in [-0.25, -0.2) is 0 Å². The summed E-state index contributed by atoms with van der Waals surface area (Å²) < 4.78 is 16.2. The molecule has 2 fully saturated rings. The Labute approximate surface area is 156 Å². The van der Waals surface area contributed by atoms with Crippen LogP contribution in [0.1, 0.15) is 18.4 Å². The molecule has 0 aliphatic carbocycles. The van der Waals surface area contributed by atoms with Crippen LogP contribution in [0.15, 0.2) is 36.5 Å². The van der Waals surface area contributed by atoms with E-state index >= 15 is 0 Å². The number of cyclic esters (lactones) is 1. The topological polar surface area (TPSA) is 93.8 Å². The van der Waals surface area contributed by atoms with Crippen LogP contribution in [0.25, 0.3) is 11.3 Å². The van der Waals surface area contributed by atoms with Crippen molar-refractivity contribution in [2.24, 2.45) is 0 Å². The maximum absolute atomic E-state index is 13.0. The predicted octanol–water partition coefficient (Wildman–Crippen LogP) is 1.48. The summed E-state index contributed by atoms with van der Waals surface area (Å²) >= 11 is 0. The second-order valence-corrected chi connectivity index (χ2v) is 6.54. The normalized spacial score (nSPS) is 20.0. The Morgan fingerprint density at radius 3 is 2.70 bits per heavy atom. The van der Waals surface area contributed by atoms with Crippen molar-refractivity contribution in [3.63, 3.8) is 0 Å². The maximum atomic E-state index is 13.0. The molecule has 3 heterocycles. The lowest BCUT2D eigenvalue weighted by atomic mass is 10.1. The number of hydrogen-bond donors (Lipinski definition) is 1. The van der Waals surface area contributed by atoms with Gasteiger partial charge in [-0.15, -0.1) is 0 Å². The Kier molecular flexibility index (Phi) is 5.17. The van der Waals surface area contributed by atoms with E-state index in [1.807, 2.05) is 30.3 Å². The second-order valence-electron chi connectivity index (χ2n) is 6.54. The molecular weight excluding hydrogens is 350 g/mol. The molecule has 27 heavy (non-hydrogen) atoms. The quantitative estimate of drug-likeness (QED) is 0.773. The van der Waals surface area contributed by atoms with Gasteiger partial charge in [0.25, 0.3) is 5.91 Å². The summed E-state index contributed by atoms with van der Waals surface area (Å²) in [6.07, 6.45) is 1.16. The van der Waals surface area contributed by atoms with Gasteiger partial charge in [-0.3, -0.25) is 14.7 Å². The van der Waals surface area contributed by atoms with Gasteiger partial charge in [-0.1, -0.05) is 30.3 Å². The van der Waals surface area contributed by atoms with Crippen LogP contribution < -0.4 is 0 Å². The third-order valence-corrected chi connectivity index (χ3v) is 4.67. The van der Waals surface area contributed by atoms with E-state index in [4.69, 9.17) is 14.2 Å². The molecule has 1 amide bonds. The average Bonchev–Trinajstić information content (AvgIpc) is 3.43. The van der Waals surface area contributed by atoms with Crippen molar-refractivity contribution in [1.29, 1.82) is 0 Å². The summed E-state index contributed by atoms with van der Waals surface area (Å²) in [4.78, 5) is 26.0. The molecule has 1 atom stereocenters. The van der Waals surface area contributed by atoms with Crippen molar-refractivity contribution in [2.75, 3.05) is 19.8 Å². The lowest BCUT2D eigenvalue weighted by molar-refractivity contribution is -0.156.